The zero-order chi connectivity index (χ0) is 15.6. The van der Waals surface area contributed by atoms with E-state index >= 15 is 0 Å². The van der Waals surface area contributed by atoms with Gasteiger partial charge in [0.2, 0.25) is 8.87 Å². The second-order valence-corrected chi connectivity index (χ2v) is 15.1. The van der Waals surface area contributed by atoms with Gasteiger partial charge in [-0.2, -0.15) is 0 Å². The fourth-order valence-corrected chi connectivity index (χ4v) is 5.31. The largest absolute Gasteiger partial charge is 0.407 e. The predicted octanol–water partition coefficient (Wildman–Crippen LogP) is 4.40. The summed E-state index contributed by atoms with van der Waals surface area (Å²) in [6.45, 7) is 12.6. The number of benzene rings is 1. The molecule has 20 heavy (non-hydrogen) atoms. The summed E-state index contributed by atoms with van der Waals surface area (Å²) in [7, 11) is -4.37. The van der Waals surface area contributed by atoms with Crippen molar-refractivity contribution in [2.24, 2.45) is 0 Å². The molecular weight excluding hydrogens is 308 g/mol. The molecular formula is C14H24O3S2Si. The Morgan fingerprint density at radius 2 is 1.65 bits per heavy atom. The van der Waals surface area contributed by atoms with Crippen molar-refractivity contribution in [2.45, 2.75) is 50.7 Å². The molecule has 0 aliphatic carbocycles. The molecule has 0 heterocycles. The van der Waals surface area contributed by atoms with Gasteiger partial charge in [-0.3, -0.25) is 0 Å². The number of rotatable bonds is 5. The van der Waals surface area contributed by atoms with Crippen molar-refractivity contribution in [1.29, 1.82) is 0 Å². The lowest BCUT2D eigenvalue weighted by molar-refractivity contribution is 0.355. The van der Waals surface area contributed by atoms with Crippen LogP contribution in [-0.2, 0) is 13.3 Å². The summed E-state index contributed by atoms with van der Waals surface area (Å²) < 4.78 is 30.3. The van der Waals surface area contributed by atoms with Gasteiger partial charge >= 0.3 is 0 Å². The summed E-state index contributed by atoms with van der Waals surface area (Å²) >= 11 is 0. The highest BCUT2D eigenvalue weighted by Gasteiger charge is 2.37. The zero-order valence-corrected chi connectivity index (χ0v) is 15.7. The average Bonchev–Trinajstić information content (AvgIpc) is 2.27. The van der Waals surface area contributed by atoms with Crippen LogP contribution >= 0.6 is 10.8 Å². The van der Waals surface area contributed by atoms with Crippen LogP contribution in [0.15, 0.2) is 29.2 Å². The van der Waals surface area contributed by atoms with Gasteiger partial charge in [-0.25, -0.2) is 8.42 Å². The minimum atomic E-state index is -3.33. The summed E-state index contributed by atoms with van der Waals surface area (Å²) in [4.78, 5) is 0.340. The van der Waals surface area contributed by atoms with Crippen molar-refractivity contribution in [1.82, 2.24) is 0 Å². The number of hydrogen-bond donors (Lipinski definition) is 0. The molecule has 1 rings (SSSR count). The maximum Gasteiger partial charge on any atom is 0.232 e. The van der Waals surface area contributed by atoms with Gasteiger partial charge in [-0.05, 0) is 37.2 Å². The second kappa shape index (κ2) is 6.21. The molecule has 0 unspecified atom stereocenters. The van der Waals surface area contributed by atoms with Crippen molar-refractivity contribution >= 4 is 28.0 Å². The Balaban J connectivity index is 2.68. The SMILES string of the molecule is Cc1ccc(S(=O)(=O)SCO[Si](C)(C)C(C)(C)C)cc1. The van der Waals surface area contributed by atoms with Crippen LogP contribution in [0.4, 0.5) is 0 Å². The van der Waals surface area contributed by atoms with Gasteiger partial charge in [0, 0.05) is 10.8 Å². The third kappa shape index (κ3) is 4.61. The smallest absolute Gasteiger partial charge is 0.232 e. The van der Waals surface area contributed by atoms with Gasteiger partial charge in [0.25, 0.3) is 0 Å². The lowest BCUT2D eigenvalue weighted by atomic mass is 10.2. The molecule has 0 aliphatic heterocycles. The molecule has 0 saturated carbocycles. The molecule has 0 aromatic heterocycles. The molecule has 0 radical (unpaired) electrons. The molecule has 6 heteroatoms. The summed E-state index contributed by atoms with van der Waals surface area (Å²) in [6, 6.07) is 6.90. The topological polar surface area (TPSA) is 43.4 Å². The van der Waals surface area contributed by atoms with E-state index in [4.69, 9.17) is 4.43 Å². The Bertz CT molecular complexity index is 543. The van der Waals surface area contributed by atoms with Gasteiger partial charge in [0.15, 0.2) is 8.32 Å². The Kier molecular flexibility index (Phi) is 5.51. The highest BCUT2D eigenvalue weighted by molar-refractivity contribution is 8.72. The third-order valence-electron chi connectivity index (χ3n) is 3.74. The van der Waals surface area contributed by atoms with E-state index in [1.165, 1.54) is 0 Å². The van der Waals surface area contributed by atoms with Crippen molar-refractivity contribution in [3.05, 3.63) is 29.8 Å². The quantitative estimate of drug-likeness (QED) is 0.455. The fraction of sp³-hybridized carbons (Fsp3) is 0.571. The third-order valence-corrected chi connectivity index (χ3v) is 11.6. The van der Waals surface area contributed by atoms with Gasteiger partial charge in [-0.15, -0.1) is 0 Å². The van der Waals surface area contributed by atoms with Crippen LogP contribution in [0.25, 0.3) is 0 Å². The number of aryl methyl sites for hydroxylation is 1. The van der Waals surface area contributed by atoms with Crippen molar-refractivity contribution in [3.8, 4) is 0 Å². The molecule has 114 valence electrons. The molecule has 1 aromatic rings. The Morgan fingerprint density at radius 3 is 2.10 bits per heavy atom. The first-order valence-electron chi connectivity index (χ1n) is 6.56. The van der Waals surface area contributed by atoms with E-state index in [1.807, 2.05) is 19.1 Å². The van der Waals surface area contributed by atoms with Crippen LogP contribution < -0.4 is 0 Å². The zero-order valence-electron chi connectivity index (χ0n) is 13.1. The maximum absolute atomic E-state index is 12.2. The highest BCUT2D eigenvalue weighted by atomic mass is 33.1. The summed E-state index contributed by atoms with van der Waals surface area (Å²) in [6.07, 6.45) is 0. The lowest BCUT2D eigenvalue weighted by Gasteiger charge is -2.35. The van der Waals surface area contributed by atoms with E-state index in [0.717, 1.165) is 16.4 Å². The minimum Gasteiger partial charge on any atom is -0.407 e. The average molecular weight is 333 g/mol. The molecule has 0 bridgehead atoms. The summed E-state index contributed by atoms with van der Waals surface area (Å²) in [5.74, 6) is 0.187. The first-order chi connectivity index (χ1) is 8.96. The predicted molar refractivity (Wildman–Crippen MR) is 89.1 cm³/mol. The normalized spacial score (nSPS) is 13.5. The maximum atomic E-state index is 12.2. The summed E-state index contributed by atoms with van der Waals surface area (Å²) in [5.41, 5.74) is 1.05. The Morgan fingerprint density at radius 1 is 1.15 bits per heavy atom. The van der Waals surface area contributed by atoms with E-state index in [-0.39, 0.29) is 11.0 Å². The molecule has 0 atom stereocenters. The van der Waals surface area contributed by atoms with Gasteiger partial charge in [0.05, 0.1) is 10.8 Å². The van der Waals surface area contributed by atoms with E-state index in [2.05, 4.69) is 33.9 Å². The van der Waals surface area contributed by atoms with E-state index in [0.29, 0.717) is 4.90 Å². The van der Waals surface area contributed by atoms with Crippen LogP contribution in [-0.4, -0.2) is 22.7 Å². The Labute approximate surface area is 127 Å². The van der Waals surface area contributed by atoms with Crippen LogP contribution in [0.1, 0.15) is 26.3 Å². The van der Waals surface area contributed by atoms with Crippen LogP contribution in [0.2, 0.25) is 18.1 Å². The van der Waals surface area contributed by atoms with Gasteiger partial charge in [0.1, 0.15) is 0 Å². The van der Waals surface area contributed by atoms with Crippen LogP contribution in [0.3, 0.4) is 0 Å². The van der Waals surface area contributed by atoms with Crippen molar-refractivity contribution in [2.75, 3.05) is 5.94 Å². The molecule has 0 amide bonds. The molecule has 0 N–H and O–H groups in total. The fourth-order valence-electron chi connectivity index (χ4n) is 1.22. The minimum absolute atomic E-state index is 0.0845. The second-order valence-electron chi connectivity index (χ2n) is 6.41. The van der Waals surface area contributed by atoms with Gasteiger partial charge in [-0.1, -0.05) is 38.5 Å². The Hall–Kier alpha value is -0.303. The molecule has 0 aliphatic rings. The number of hydrogen-bond acceptors (Lipinski definition) is 4. The monoisotopic (exact) mass is 332 g/mol. The molecule has 0 spiro atoms. The van der Waals surface area contributed by atoms with E-state index in [1.54, 1.807) is 12.1 Å². The summed E-state index contributed by atoms with van der Waals surface area (Å²) in [5, 5.41) is 0.0845. The molecule has 0 saturated heterocycles. The lowest BCUT2D eigenvalue weighted by Crippen LogP contribution is -2.40. The standard InChI is InChI=1S/C14H24O3S2Si/c1-12-7-9-13(10-8-12)19(15,16)18-11-17-20(5,6)14(2,3)4/h7-10H,11H2,1-6H3. The van der Waals surface area contributed by atoms with E-state index in [9.17, 15) is 8.42 Å². The molecule has 0 fully saturated rings. The molecule has 1 aromatic carbocycles. The van der Waals surface area contributed by atoms with E-state index < -0.39 is 17.2 Å². The molecule has 3 nitrogen and oxygen atoms in total. The van der Waals surface area contributed by atoms with Crippen molar-refractivity contribution in [3.63, 3.8) is 0 Å². The van der Waals surface area contributed by atoms with Gasteiger partial charge < -0.3 is 4.43 Å². The first kappa shape index (κ1) is 17.7. The van der Waals surface area contributed by atoms with Crippen LogP contribution in [0.5, 0.6) is 0 Å². The van der Waals surface area contributed by atoms with Crippen molar-refractivity contribution < 1.29 is 12.8 Å². The van der Waals surface area contributed by atoms with Crippen LogP contribution in [0, 0.1) is 6.92 Å². The highest BCUT2D eigenvalue weighted by Crippen LogP contribution is 2.37. The first-order valence-corrected chi connectivity index (χ1v) is 12.5.